The number of nitrogens with one attached hydrogen (secondary N) is 1. The van der Waals surface area contributed by atoms with Gasteiger partial charge in [0.15, 0.2) is 5.96 Å². The highest BCUT2D eigenvalue weighted by molar-refractivity contribution is 6.30. The van der Waals surface area contributed by atoms with E-state index in [-0.39, 0.29) is 5.96 Å². The number of ether oxygens (including phenoxy) is 2. The summed E-state index contributed by atoms with van der Waals surface area (Å²) < 4.78 is 16.4. The average Bonchev–Trinajstić information content (AvgIpc) is 3.19. The van der Waals surface area contributed by atoms with Crippen molar-refractivity contribution >= 4 is 23.2 Å². The predicted octanol–water partition coefficient (Wildman–Crippen LogP) is 4.16. The fourth-order valence-electron chi connectivity index (χ4n) is 2.70. The number of rotatable bonds is 9. The van der Waals surface area contributed by atoms with Gasteiger partial charge in [-0.2, -0.15) is 4.98 Å². The summed E-state index contributed by atoms with van der Waals surface area (Å²) in [6.07, 6.45) is 0.452. The molecule has 0 radical (unpaired) electrons. The second-order valence-electron chi connectivity index (χ2n) is 6.19. The normalized spacial score (nSPS) is 11.4. The Bertz CT molecular complexity index is 1010. The second-order valence-corrected chi connectivity index (χ2v) is 6.62. The van der Waals surface area contributed by atoms with Crippen LogP contribution in [0.25, 0.3) is 11.4 Å². The molecule has 3 aromatic rings. The lowest BCUT2D eigenvalue weighted by atomic mass is 10.2. The molecule has 0 aliphatic heterocycles. The molecule has 0 unspecified atom stereocenters. The molecule has 0 aliphatic rings. The average molecular weight is 430 g/mol. The summed E-state index contributed by atoms with van der Waals surface area (Å²) in [5.41, 5.74) is 7.51. The Kier molecular flexibility index (Phi) is 7.51. The lowest BCUT2D eigenvalue weighted by Crippen LogP contribution is -2.23. The van der Waals surface area contributed by atoms with Gasteiger partial charge in [-0.1, -0.05) is 28.9 Å². The Morgan fingerprint density at radius 1 is 1.17 bits per heavy atom. The Morgan fingerprint density at radius 2 is 2.00 bits per heavy atom. The van der Waals surface area contributed by atoms with Crippen LogP contribution in [-0.2, 0) is 6.42 Å². The minimum absolute atomic E-state index is 0.249. The van der Waals surface area contributed by atoms with Crippen LogP contribution in [0.2, 0.25) is 5.02 Å². The molecule has 0 bridgehead atoms. The molecule has 0 saturated carbocycles. The monoisotopic (exact) mass is 429 g/mol. The van der Waals surface area contributed by atoms with Crippen molar-refractivity contribution in [2.24, 2.45) is 10.7 Å². The molecule has 158 valence electrons. The molecule has 0 spiro atoms. The van der Waals surface area contributed by atoms with Crippen molar-refractivity contribution in [3.63, 3.8) is 0 Å². The van der Waals surface area contributed by atoms with Crippen LogP contribution in [-0.4, -0.2) is 35.9 Å². The van der Waals surface area contributed by atoms with E-state index < -0.39 is 0 Å². The standard InChI is InChI=1S/C21H24ClN5O3/c1-3-28-16-8-9-18(29-4-2)17(13-16)25-21(23)24-11-10-19-26-20(27-30-19)14-6-5-7-15(22)12-14/h5-9,12-13H,3-4,10-11H2,1-2H3,(H3,23,24,25). The molecule has 8 nitrogen and oxygen atoms in total. The third-order valence-electron chi connectivity index (χ3n) is 3.98. The highest BCUT2D eigenvalue weighted by atomic mass is 35.5. The molecule has 3 N–H and O–H groups in total. The molecule has 2 aromatic carbocycles. The third kappa shape index (κ3) is 5.87. The van der Waals surface area contributed by atoms with E-state index in [4.69, 9.17) is 31.3 Å². The smallest absolute Gasteiger partial charge is 0.228 e. The fourth-order valence-corrected chi connectivity index (χ4v) is 2.89. The summed E-state index contributed by atoms with van der Waals surface area (Å²) >= 11 is 6.00. The van der Waals surface area contributed by atoms with Gasteiger partial charge in [0, 0.05) is 23.1 Å². The molecule has 1 heterocycles. The first-order chi connectivity index (χ1) is 14.6. The zero-order valence-electron chi connectivity index (χ0n) is 16.9. The first-order valence-electron chi connectivity index (χ1n) is 9.64. The number of hydrogen-bond acceptors (Lipinski definition) is 6. The summed E-state index contributed by atoms with van der Waals surface area (Å²) in [5.74, 6) is 2.59. The maximum absolute atomic E-state index is 6.03. The van der Waals surface area contributed by atoms with Crippen molar-refractivity contribution in [1.82, 2.24) is 10.1 Å². The molecule has 1 aromatic heterocycles. The van der Waals surface area contributed by atoms with E-state index in [0.29, 0.717) is 54.4 Å². The molecule has 30 heavy (non-hydrogen) atoms. The van der Waals surface area contributed by atoms with Crippen LogP contribution >= 0.6 is 11.6 Å². The van der Waals surface area contributed by atoms with Gasteiger partial charge in [-0.3, -0.25) is 4.99 Å². The molecule has 0 fully saturated rings. The van der Waals surface area contributed by atoms with E-state index in [1.165, 1.54) is 0 Å². The van der Waals surface area contributed by atoms with Crippen LogP contribution in [0.1, 0.15) is 19.7 Å². The Balaban J connectivity index is 1.61. The Hall–Kier alpha value is -3.26. The van der Waals surface area contributed by atoms with Crippen molar-refractivity contribution in [2.75, 3.05) is 25.1 Å². The zero-order valence-corrected chi connectivity index (χ0v) is 17.6. The van der Waals surface area contributed by atoms with E-state index in [1.807, 2.05) is 44.2 Å². The number of aliphatic imine (C=N–C) groups is 1. The molecule has 0 atom stereocenters. The van der Waals surface area contributed by atoms with Crippen LogP contribution in [0.3, 0.4) is 0 Å². The quantitative estimate of drug-likeness (QED) is 0.388. The van der Waals surface area contributed by atoms with Crippen LogP contribution in [0, 0.1) is 0 Å². The number of guanidine groups is 1. The van der Waals surface area contributed by atoms with Gasteiger partial charge < -0.3 is 25.0 Å². The minimum Gasteiger partial charge on any atom is -0.494 e. The van der Waals surface area contributed by atoms with E-state index in [9.17, 15) is 0 Å². The molecule has 9 heteroatoms. The van der Waals surface area contributed by atoms with Crippen molar-refractivity contribution in [2.45, 2.75) is 20.3 Å². The molecular weight excluding hydrogens is 406 g/mol. The minimum atomic E-state index is 0.249. The maximum Gasteiger partial charge on any atom is 0.228 e. The summed E-state index contributed by atoms with van der Waals surface area (Å²) in [6.45, 7) is 5.32. The number of halogens is 1. The van der Waals surface area contributed by atoms with Crippen LogP contribution in [0.15, 0.2) is 52.0 Å². The second kappa shape index (κ2) is 10.5. The van der Waals surface area contributed by atoms with Crippen molar-refractivity contribution in [3.8, 4) is 22.9 Å². The SMILES string of the molecule is CCOc1ccc(OCC)c(NC(N)=NCCc2nc(-c3cccc(Cl)c3)no2)c1. The fraction of sp³-hybridized carbons (Fsp3) is 0.286. The van der Waals surface area contributed by atoms with Gasteiger partial charge in [0.25, 0.3) is 0 Å². The predicted molar refractivity (Wildman–Crippen MR) is 117 cm³/mol. The summed E-state index contributed by atoms with van der Waals surface area (Å²) in [6, 6.07) is 12.8. The van der Waals surface area contributed by atoms with E-state index in [1.54, 1.807) is 12.1 Å². The lowest BCUT2D eigenvalue weighted by molar-refractivity contribution is 0.332. The van der Waals surface area contributed by atoms with Gasteiger partial charge in [-0.25, -0.2) is 0 Å². The highest BCUT2D eigenvalue weighted by Crippen LogP contribution is 2.29. The molecule has 0 saturated heterocycles. The van der Waals surface area contributed by atoms with E-state index >= 15 is 0 Å². The zero-order chi connectivity index (χ0) is 21.3. The van der Waals surface area contributed by atoms with Crippen molar-refractivity contribution in [1.29, 1.82) is 0 Å². The van der Waals surface area contributed by atoms with Crippen LogP contribution < -0.4 is 20.5 Å². The van der Waals surface area contributed by atoms with Gasteiger partial charge in [-0.05, 0) is 38.1 Å². The number of hydrogen-bond donors (Lipinski definition) is 2. The lowest BCUT2D eigenvalue weighted by Gasteiger charge is -2.13. The number of nitrogens with zero attached hydrogens (tertiary/aromatic N) is 3. The number of anilines is 1. The van der Waals surface area contributed by atoms with Gasteiger partial charge in [-0.15, -0.1) is 0 Å². The van der Waals surface area contributed by atoms with Crippen LogP contribution in [0.4, 0.5) is 5.69 Å². The third-order valence-corrected chi connectivity index (χ3v) is 4.22. The van der Waals surface area contributed by atoms with Crippen LogP contribution in [0.5, 0.6) is 11.5 Å². The maximum atomic E-state index is 6.03. The topological polar surface area (TPSA) is 108 Å². The van der Waals surface area contributed by atoms with Gasteiger partial charge in [0.05, 0.1) is 25.4 Å². The number of benzene rings is 2. The molecule has 3 rings (SSSR count). The summed E-state index contributed by atoms with van der Waals surface area (Å²) in [7, 11) is 0. The highest BCUT2D eigenvalue weighted by Gasteiger charge is 2.10. The van der Waals surface area contributed by atoms with Gasteiger partial charge in [0.2, 0.25) is 11.7 Å². The Labute approximate surface area is 180 Å². The largest absolute Gasteiger partial charge is 0.494 e. The number of aromatic nitrogens is 2. The van der Waals surface area contributed by atoms with Crippen molar-refractivity contribution in [3.05, 3.63) is 53.4 Å². The van der Waals surface area contributed by atoms with Gasteiger partial charge in [0.1, 0.15) is 11.5 Å². The van der Waals surface area contributed by atoms with E-state index in [2.05, 4.69) is 20.4 Å². The first kappa shape index (κ1) is 21.4. The van der Waals surface area contributed by atoms with Crippen molar-refractivity contribution < 1.29 is 14.0 Å². The Morgan fingerprint density at radius 3 is 2.77 bits per heavy atom. The number of nitrogens with two attached hydrogens (primary N) is 1. The molecule has 0 aliphatic carbocycles. The summed E-state index contributed by atoms with van der Waals surface area (Å²) in [5, 5.41) is 7.65. The summed E-state index contributed by atoms with van der Waals surface area (Å²) in [4.78, 5) is 8.70. The first-order valence-corrected chi connectivity index (χ1v) is 10.0. The molecule has 0 amide bonds. The van der Waals surface area contributed by atoms with E-state index in [0.717, 1.165) is 11.3 Å². The van der Waals surface area contributed by atoms with Gasteiger partial charge >= 0.3 is 0 Å². The molecular formula is C21H24ClN5O3.